The molecule has 148 valence electrons. The maximum atomic E-state index is 8.94. The molecule has 3 heteroatoms. The quantitative estimate of drug-likeness (QED) is 0.527. The zero-order valence-electron chi connectivity index (χ0n) is 16.9. The molecular weight excluding hydrogens is 344 g/mol. The van der Waals surface area contributed by atoms with Gasteiger partial charge < -0.3 is 4.74 Å². The van der Waals surface area contributed by atoms with E-state index in [0.29, 0.717) is 17.9 Å². The molecule has 2 aliphatic carbocycles. The average Bonchev–Trinajstić information content (AvgIpc) is 2.76. The molecule has 0 saturated heterocycles. The largest absolute Gasteiger partial charge is 0.378 e. The molecule has 28 heavy (non-hydrogen) atoms. The number of nitrogens with zero attached hydrogens (tertiary/aromatic N) is 2. The number of allylic oxidation sites excluding steroid dienone is 2. The van der Waals surface area contributed by atoms with Crippen LogP contribution in [0.4, 0.5) is 0 Å². The number of nitriles is 2. The Labute approximate surface area is 170 Å². The highest BCUT2D eigenvalue weighted by Crippen LogP contribution is 2.37. The molecular formula is C25H32N2O. The number of benzene rings is 1. The highest BCUT2D eigenvalue weighted by Gasteiger charge is 2.25. The van der Waals surface area contributed by atoms with Gasteiger partial charge in [-0.25, -0.2) is 0 Å². The third-order valence-electron chi connectivity index (χ3n) is 6.65. The van der Waals surface area contributed by atoms with Crippen molar-refractivity contribution in [1.82, 2.24) is 0 Å². The van der Waals surface area contributed by atoms with Gasteiger partial charge in [-0.3, -0.25) is 0 Å². The Hall–Kier alpha value is -2.10. The number of hydrogen-bond donors (Lipinski definition) is 0. The van der Waals surface area contributed by atoms with E-state index < -0.39 is 0 Å². The van der Waals surface area contributed by atoms with Gasteiger partial charge in [0.1, 0.15) is 0 Å². The fraction of sp³-hybridized carbons (Fsp3) is 0.600. The fourth-order valence-corrected chi connectivity index (χ4v) is 4.82. The van der Waals surface area contributed by atoms with E-state index in [1.165, 1.54) is 63.4 Å². The van der Waals surface area contributed by atoms with Crippen molar-refractivity contribution in [2.45, 2.75) is 76.2 Å². The minimum atomic E-state index is 0.460. The summed E-state index contributed by atoms with van der Waals surface area (Å²) < 4.78 is 6.29. The first-order valence-corrected chi connectivity index (χ1v) is 10.9. The predicted octanol–water partition coefficient (Wildman–Crippen LogP) is 6.27. The van der Waals surface area contributed by atoms with Crippen LogP contribution >= 0.6 is 0 Å². The Morgan fingerprint density at radius 1 is 0.893 bits per heavy atom. The van der Waals surface area contributed by atoms with Crippen LogP contribution in [-0.4, -0.2) is 12.7 Å². The van der Waals surface area contributed by atoms with Gasteiger partial charge in [0.25, 0.3) is 0 Å². The lowest BCUT2D eigenvalue weighted by Gasteiger charge is -2.32. The molecule has 0 amide bonds. The van der Waals surface area contributed by atoms with Gasteiger partial charge in [-0.2, -0.15) is 10.5 Å². The molecule has 0 bridgehead atoms. The number of ether oxygens (including phenoxy) is 1. The fourth-order valence-electron chi connectivity index (χ4n) is 4.82. The lowest BCUT2D eigenvalue weighted by Crippen LogP contribution is -2.25. The van der Waals surface area contributed by atoms with Gasteiger partial charge in [0.2, 0.25) is 0 Å². The van der Waals surface area contributed by atoms with Gasteiger partial charge in [0, 0.05) is 12.7 Å². The zero-order chi connectivity index (χ0) is 19.6. The Morgan fingerprint density at radius 2 is 1.57 bits per heavy atom. The first-order chi connectivity index (χ1) is 13.8. The van der Waals surface area contributed by atoms with E-state index in [9.17, 15) is 0 Å². The summed E-state index contributed by atoms with van der Waals surface area (Å²) in [5.74, 6) is 2.17. The van der Waals surface area contributed by atoms with Gasteiger partial charge in [-0.05, 0) is 99.7 Å². The van der Waals surface area contributed by atoms with Gasteiger partial charge in [-0.15, -0.1) is 0 Å². The normalized spacial score (nSPS) is 27.9. The summed E-state index contributed by atoms with van der Waals surface area (Å²) in [5.41, 5.74) is 2.14. The van der Waals surface area contributed by atoms with Crippen molar-refractivity contribution in [3.8, 4) is 12.1 Å². The van der Waals surface area contributed by atoms with Crippen LogP contribution in [0.1, 0.15) is 81.3 Å². The third kappa shape index (κ3) is 6.22. The zero-order valence-corrected chi connectivity index (χ0v) is 16.9. The molecule has 0 N–H and O–H groups in total. The van der Waals surface area contributed by atoms with E-state index in [0.717, 1.165) is 24.5 Å². The molecule has 1 aromatic carbocycles. The van der Waals surface area contributed by atoms with E-state index in [-0.39, 0.29) is 0 Å². The Balaban J connectivity index is 1.31. The van der Waals surface area contributed by atoms with E-state index >= 15 is 0 Å². The molecule has 1 aromatic rings. The van der Waals surface area contributed by atoms with Crippen molar-refractivity contribution in [2.75, 3.05) is 6.61 Å². The molecule has 0 heterocycles. The summed E-state index contributed by atoms with van der Waals surface area (Å²) in [6.07, 6.45) is 16.2. The minimum absolute atomic E-state index is 0.460. The SMILES string of the molecule is N#C/C=C/CC[C@H]1CC[C@H](OC[C@H]2CC[C@H](c3ccc(C#N)cc3)CC2)CC1. The van der Waals surface area contributed by atoms with E-state index in [1.807, 2.05) is 18.2 Å². The standard InChI is InChI=1S/C25H32N2O/c26-17-3-1-2-4-20-9-15-25(16-10-20)28-19-22-7-13-24(14-8-22)23-11-5-21(18-27)6-12-23/h1,3,5-6,11-12,20,22,24-25H,2,4,7-10,13-16,19H2/b3-1+/t20-,22-,24-,25-. The van der Waals surface area contributed by atoms with Crippen LogP contribution in [0.15, 0.2) is 36.4 Å². The first-order valence-electron chi connectivity index (χ1n) is 10.9. The van der Waals surface area contributed by atoms with E-state index in [1.54, 1.807) is 6.08 Å². The minimum Gasteiger partial charge on any atom is -0.378 e. The molecule has 2 aliphatic rings. The topological polar surface area (TPSA) is 56.8 Å². The summed E-state index contributed by atoms with van der Waals surface area (Å²) in [6.45, 7) is 0.931. The third-order valence-corrected chi connectivity index (χ3v) is 6.65. The van der Waals surface area contributed by atoms with Crippen LogP contribution in [0.3, 0.4) is 0 Å². The lowest BCUT2D eigenvalue weighted by atomic mass is 9.79. The van der Waals surface area contributed by atoms with Crippen molar-refractivity contribution in [2.24, 2.45) is 11.8 Å². The van der Waals surface area contributed by atoms with E-state index in [4.69, 9.17) is 15.3 Å². The number of rotatable bonds is 7. The van der Waals surface area contributed by atoms with Crippen molar-refractivity contribution < 1.29 is 4.74 Å². The molecule has 0 aliphatic heterocycles. The van der Waals surface area contributed by atoms with Crippen LogP contribution in [0.5, 0.6) is 0 Å². The monoisotopic (exact) mass is 376 g/mol. The van der Waals surface area contributed by atoms with Gasteiger partial charge in [0.05, 0.1) is 23.8 Å². The van der Waals surface area contributed by atoms with Crippen molar-refractivity contribution in [3.63, 3.8) is 0 Å². The van der Waals surface area contributed by atoms with Crippen molar-refractivity contribution >= 4 is 0 Å². The van der Waals surface area contributed by atoms with Crippen LogP contribution < -0.4 is 0 Å². The smallest absolute Gasteiger partial charge is 0.0991 e. The van der Waals surface area contributed by atoms with Gasteiger partial charge in [-0.1, -0.05) is 18.2 Å². The molecule has 3 rings (SSSR count). The van der Waals surface area contributed by atoms with Gasteiger partial charge >= 0.3 is 0 Å². The first kappa shape index (κ1) is 20.6. The highest BCUT2D eigenvalue weighted by atomic mass is 16.5. The molecule has 3 nitrogen and oxygen atoms in total. The second-order valence-corrected chi connectivity index (χ2v) is 8.54. The summed E-state index contributed by atoms with van der Waals surface area (Å²) in [5, 5.41) is 17.5. The maximum Gasteiger partial charge on any atom is 0.0991 e. The Kier molecular flexibility index (Phi) is 8.13. The summed E-state index contributed by atoms with van der Waals surface area (Å²) in [4.78, 5) is 0. The molecule has 0 spiro atoms. The van der Waals surface area contributed by atoms with Crippen LogP contribution in [-0.2, 0) is 4.74 Å². The highest BCUT2D eigenvalue weighted by molar-refractivity contribution is 5.33. The maximum absolute atomic E-state index is 8.94. The molecule has 0 radical (unpaired) electrons. The molecule has 0 unspecified atom stereocenters. The van der Waals surface area contributed by atoms with Crippen LogP contribution in [0.2, 0.25) is 0 Å². The second-order valence-electron chi connectivity index (χ2n) is 8.54. The molecule has 0 atom stereocenters. The Bertz CT molecular complexity index is 694. The molecule has 0 aromatic heterocycles. The Morgan fingerprint density at radius 3 is 2.21 bits per heavy atom. The summed E-state index contributed by atoms with van der Waals surface area (Å²) in [7, 11) is 0. The van der Waals surface area contributed by atoms with Crippen LogP contribution in [0, 0.1) is 34.5 Å². The van der Waals surface area contributed by atoms with Crippen molar-refractivity contribution in [1.29, 1.82) is 10.5 Å². The second kappa shape index (κ2) is 11.0. The van der Waals surface area contributed by atoms with Crippen LogP contribution in [0.25, 0.3) is 0 Å². The predicted molar refractivity (Wildman–Crippen MR) is 112 cm³/mol. The van der Waals surface area contributed by atoms with Crippen molar-refractivity contribution in [3.05, 3.63) is 47.5 Å². The van der Waals surface area contributed by atoms with E-state index in [2.05, 4.69) is 24.3 Å². The lowest BCUT2D eigenvalue weighted by molar-refractivity contribution is -0.00824. The summed E-state index contributed by atoms with van der Waals surface area (Å²) >= 11 is 0. The van der Waals surface area contributed by atoms with Gasteiger partial charge in [0.15, 0.2) is 0 Å². The number of hydrogen-bond acceptors (Lipinski definition) is 3. The summed E-state index contributed by atoms with van der Waals surface area (Å²) in [6, 6.07) is 12.4. The molecule has 2 saturated carbocycles. The molecule has 2 fully saturated rings. The average molecular weight is 377 g/mol.